The third-order valence-corrected chi connectivity index (χ3v) is 4.30. The normalized spacial score (nSPS) is 15.3. The van der Waals surface area contributed by atoms with Gasteiger partial charge in [0.25, 0.3) is 5.91 Å². The van der Waals surface area contributed by atoms with Gasteiger partial charge in [0.05, 0.1) is 16.6 Å². The van der Waals surface area contributed by atoms with Crippen molar-refractivity contribution in [2.45, 2.75) is 19.5 Å². The fraction of sp³-hybridized carbons (Fsp3) is 0.188. The van der Waals surface area contributed by atoms with E-state index in [-0.39, 0.29) is 11.9 Å². The van der Waals surface area contributed by atoms with E-state index in [4.69, 9.17) is 23.2 Å². The zero-order chi connectivity index (χ0) is 14.3. The molecular formula is C16H13Cl2NO. The van der Waals surface area contributed by atoms with E-state index in [1.165, 1.54) is 0 Å². The Morgan fingerprint density at radius 2 is 1.80 bits per heavy atom. The highest BCUT2D eigenvalue weighted by Crippen LogP contribution is 2.34. The molecule has 0 fully saturated rings. The van der Waals surface area contributed by atoms with Crippen molar-refractivity contribution in [1.82, 2.24) is 4.90 Å². The van der Waals surface area contributed by atoms with Crippen LogP contribution in [0.15, 0.2) is 42.5 Å². The zero-order valence-corrected chi connectivity index (χ0v) is 12.4. The second-order valence-electron chi connectivity index (χ2n) is 4.93. The van der Waals surface area contributed by atoms with Crippen molar-refractivity contribution in [2.24, 2.45) is 0 Å². The van der Waals surface area contributed by atoms with Crippen molar-refractivity contribution < 1.29 is 4.79 Å². The smallest absolute Gasteiger partial charge is 0.256 e. The van der Waals surface area contributed by atoms with E-state index in [0.717, 1.165) is 11.1 Å². The molecule has 0 radical (unpaired) electrons. The monoisotopic (exact) mass is 305 g/mol. The summed E-state index contributed by atoms with van der Waals surface area (Å²) in [7, 11) is 0. The van der Waals surface area contributed by atoms with E-state index < -0.39 is 0 Å². The topological polar surface area (TPSA) is 20.3 Å². The Kier molecular flexibility index (Phi) is 3.45. The van der Waals surface area contributed by atoms with Crippen LogP contribution in [0.3, 0.4) is 0 Å². The van der Waals surface area contributed by atoms with Crippen LogP contribution < -0.4 is 0 Å². The van der Waals surface area contributed by atoms with Crippen LogP contribution in [-0.2, 0) is 6.54 Å². The van der Waals surface area contributed by atoms with Crippen LogP contribution in [0.5, 0.6) is 0 Å². The number of carbonyl (C=O) groups excluding carboxylic acids is 1. The number of benzene rings is 2. The molecule has 1 aliphatic rings. The first-order valence-corrected chi connectivity index (χ1v) is 7.17. The minimum atomic E-state index is -0.0109. The second-order valence-corrected chi connectivity index (χ2v) is 5.78. The van der Waals surface area contributed by atoms with Gasteiger partial charge >= 0.3 is 0 Å². The van der Waals surface area contributed by atoms with Crippen molar-refractivity contribution in [2.75, 3.05) is 0 Å². The maximum absolute atomic E-state index is 12.5. The van der Waals surface area contributed by atoms with E-state index >= 15 is 0 Å². The molecule has 20 heavy (non-hydrogen) atoms. The Bertz CT molecular complexity index is 667. The Morgan fingerprint density at radius 1 is 1.10 bits per heavy atom. The van der Waals surface area contributed by atoms with E-state index in [1.54, 1.807) is 6.07 Å². The molecule has 0 saturated heterocycles. The molecule has 3 rings (SSSR count). The number of halogens is 2. The molecule has 2 aromatic carbocycles. The zero-order valence-electron chi connectivity index (χ0n) is 10.9. The maximum atomic E-state index is 12.5. The summed E-state index contributed by atoms with van der Waals surface area (Å²) in [4.78, 5) is 14.3. The Morgan fingerprint density at radius 3 is 2.45 bits per heavy atom. The Balaban J connectivity index is 1.92. The van der Waals surface area contributed by atoms with Crippen LogP contribution in [0.2, 0.25) is 10.0 Å². The van der Waals surface area contributed by atoms with Gasteiger partial charge in [0.1, 0.15) is 0 Å². The molecule has 0 unspecified atom stereocenters. The SMILES string of the molecule is C[C@H](c1ccc(Cl)cc1)N1Cc2cccc(Cl)c2C1=O. The number of amides is 1. The highest BCUT2D eigenvalue weighted by molar-refractivity contribution is 6.34. The van der Waals surface area contributed by atoms with Crippen molar-refractivity contribution >= 4 is 29.1 Å². The molecule has 1 heterocycles. The van der Waals surface area contributed by atoms with Gasteiger partial charge in [0, 0.05) is 11.6 Å². The Labute approximate surface area is 127 Å². The van der Waals surface area contributed by atoms with E-state index in [0.29, 0.717) is 22.2 Å². The minimum Gasteiger partial charge on any atom is -0.327 e. The highest BCUT2D eigenvalue weighted by atomic mass is 35.5. The van der Waals surface area contributed by atoms with E-state index in [2.05, 4.69) is 0 Å². The summed E-state index contributed by atoms with van der Waals surface area (Å²) in [6.07, 6.45) is 0. The average molecular weight is 306 g/mol. The first-order chi connectivity index (χ1) is 9.58. The summed E-state index contributed by atoms with van der Waals surface area (Å²) < 4.78 is 0. The average Bonchev–Trinajstić information content (AvgIpc) is 2.77. The van der Waals surface area contributed by atoms with Crippen molar-refractivity contribution in [3.8, 4) is 0 Å². The summed E-state index contributed by atoms with van der Waals surface area (Å²) in [5.41, 5.74) is 2.69. The van der Waals surface area contributed by atoms with Crippen molar-refractivity contribution in [3.63, 3.8) is 0 Å². The highest BCUT2D eigenvalue weighted by Gasteiger charge is 2.32. The standard InChI is InChI=1S/C16H13Cl2NO/c1-10(11-5-7-13(17)8-6-11)19-9-12-3-2-4-14(18)15(12)16(19)20/h2-8,10H,9H2,1H3/t10-/m1/s1. The number of hydrogen-bond donors (Lipinski definition) is 0. The fourth-order valence-electron chi connectivity index (χ4n) is 2.57. The van der Waals surface area contributed by atoms with E-state index in [1.807, 2.05) is 48.2 Å². The summed E-state index contributed by atoms with van der Waals surface area (Å²) in [5.74, 6) is -0.00644. The Hall–Kier alpha value is -1.51. The van der Waals surface area contributed by atoms with Gasteiger partial charge in [-0.05, 0) is 36.2 Å². The molecule has 1 atom stereocenters. The number of hydrogen-bond acceptors (Lipinski definition) is 1. The van der Waals surface area contributed by atoms with E-state index in [9.17, 15) is 4.79 Å². The predicted molar refractivity (Wildman–Crippen MR) is 81.2 cm³/mol. The predicted octanol–water partition coefficient (Wildman–Crippen LogP) is 4.71. The largest absolute Gasteiger partial charge is 0.327 e. The van der Waals surface area contributed by atoms with Gasteiger partial charge in [-0.2, -0.15) is 0 Å². The van der Waals surface area contributed by atoms with Gasteiger partial charge in [-0.1, -0.05) is 47.5 Å². The van der Waals surface area contributed by atoms with Crippen LogP contribution in [0.1, 0.15) is 34.5 Å². The van der Waals surface area contributed by atoms with Crippen LogP contribution in [0.25, 0.3) is 0 Å². The summed E-state index contributed by atoms with van der Waals surface area (Å²) in [6, 6.07) is 13.2. The molecule has 0 aromatic heterocycles. The summed E-state index contributed by atoms with van der Waals surface area (Å²) in [5, 5.41) is 1.22. The quantitative estimate of drug-likeness (QED) is 0.787. The van der Waals surface area contributed by atoms with Gasteiger partial charge in [0.15, 0.2) is 0 Å². The molecule has 1 aliphatic heterocycles. The van der Waals surface area contributed by atoms with Crippen LogP contribution >= 0.6 is 23.2 Å². The van der Waals surface area contributed by atoms with Crippen molar-refractivity contribution in [1.29, 1.82) is 0 Å². The number of fused-ring (bicyclic) bond motifs is 1. The number of nitrogens with zero attached hydrogens (tertiary/aromatic N) is 1. The van der Waals surface area contributed by atoms with Gasteiger partial charge in [-0.3, -0.25) is 4.79 Å². The van der Waals surface area contributed by atoms with Crippen molar-refractivity contribution in [3.05, 3.63) is 69.2 Å². The first-order valence-electron chi connectivity index (χ1n) is 6.42. The number of carbonyl (C=O) groups is 1. The molecule has 0 saturated carbocycles. The minimum absolute atomic E-state index is 0.00644. The lowest BCUT2D eigenvalue weighted by Crippen LogP contribution is -2.27. The van der Waals surface area contributed by atoms with Crippen LogP contribution in [0, 0.1) is 0 Å². The summed E-state index contributed by atoms with van der Waals surface area (Å²) >= 11 is 12.0. The van der Waals surface area contributed by atoms with Gasteiger partial charge in [-0.25, -0.2) is 0 Å². The third-order valence-electron chi connectivity index (χ3n) is 3.74. The molecule has 0 bridgehead atoms. The van der Waals surface area contributed by atoms with Gasteiger partial charge in [0.2, 0.25) is 0 Å². The molecule has 2 nitrogen and oxygen atoms in total. The lowest BCUT2D eigenvalue weighted by atomic mass is 10.1. The lowest BCUT2D eigenvalue weighted by Gasteiger charge is -2.24. The third kappa shape index (κ3) is 2.19. The molecule has 0 spiro atoms. The fourth-order valence-corrected chi connectivity index (χ4v) is 2.97. The lowest BCUT2D eigenvalue weighted by molar-refractivity contribution is 0.0716. The van der Waals surface area contributed by atoms with Gasteiger partial charge in [-0.15, -0.1) is 0 Å². The molecule has 0 aliphatic carbocycles. The molecule has 102 valence electrons. The van der Waals surface area contributed by atoms with Gasteiger partial charge < -0.3 is 4.90 Å². The number of rotatable bonds is 2. The second kappa shape index (κ2) is 5.12. The molecular weight excluding hydrogens is 293 g/mol. The first kappa shape index (κ1) is 13.5. The van der Waals surface area contributed by atoms with Crippen LogP contribution in [-0.4, -0.2) is 10.8 Å². The van der Waals surface area contributed by atoms with Crippen LogP contribution in [0.4, 0.5) is 0 Å². The molecule has 4 heteroatoms. The summed E-state index contributed by atoms with van der Waals surface area (Å²) in [6.45, 7) is 2.61. The molecule has 2 aromatic rings. The molecule has 1 amide bonds. The molecule has 0 N–H and O–H groups in total. The maximum Gasteiger partial charge on any atom is 0.256 e.